The molecule has 1 N–H and O–H groups in total. The highest BCUT2D eigenvalue weighted by Gasteiger charge is 2.52. The fraction of sp³-hybridized carbons (Fsp3) is 0.500. The van der Waals surface area contributed by atoms with E-state index in [0.717, 1.165) is 5.56 Å². The maximum atomic E-state index is 12.0. The summed E-state index contributed by atoms with van der Waals surface area (Å²) < 4.78 is 11.8. The average Bonchev–Trinajstić information content (AvgIpc) is 2.48. The van der Waals surface area contributed by atoms with E-state index in [4.69, 9.17) is 15.7 Å². The Bertz CT molecular complexity index is 567. The van der Waals surface area contributed by atoms with Crippen molar-refractivity contribution in [3.63, 3.8) is 0 Å². The number of rotatable bonds is 2. The Morgan fingerprint density at radius 3 is 2.42 bits per heavy atom. The van der Waals surface area contributed by atoms with Crippen LogP contribution in [0.2, 0.25) is 0 Å². The maximum Gasteiger partial charge on any atom is 0.500 e. The molecule has 0 radical (unpaired) electrons. The third-order valence-electron chi connectivity index (χ3n) is 3.87. The Balaban J connectivity index is 2.45. The molecule has 1 aromatic heterocycles. The topological polar surface area (TPSA) is 51.3 Å². The van der Waals surface area contributed by atoms with E-state index in [-0.39, 0.29) is 5.56 Å². The van der Waals surface area contributed by atoms with Gasteiger partial charge in [0.2, 0.25) is 5.56 Å². The molecule has 2 heterocycles. The van der Waals surface area contributed by atoms with Gasteiger partial charge in [0.1, 0.15) is 0 Å². The first-order chi connectivity index (χ1) is 8.78. The van der Waals surface area contributed by atoms with Crippen LogP contribution in [0.25, 0.3) is 0 Å². The molecule has 1 aliphatic rings. The molecule has 0 bridgehead atoms. The van der Waals surface area contributed by atoms with Crippen molar-refractivity contribution < 1.29 is 9.31 Å². The number of aromatic amines is 1. The number of nitrogens with one attached hydrogen (secondary N) is 1. The van der Waals surface area contributed by atoms with Gasteiger partial charge in [-0.05, 0) is 39.3 Å². The molecule has 0 spiro atoms. The van der Waals surface area contributed by atoms with E-state index < -0.39 is 18.3 Å². The predicted octanol–water partition coefficient (Wildman–Crippen LogP) is 0.850. The second-order valence-electron chi connectivity index (χ2n) is 5.71. The predicted molar refractivity (Wildman–Crippen MR) is 75.3 cm³/mol. The summed E-state index contributed by atoms with van der Waals surface area (Å²) in [6.07, 6.45) is 7.31. The van der Waals surface area contributed by atoms with E-state index in [1.807, 2.05) is 27.7 Å². The molecule has 0 amide bonds. The second-order valence-corrected chi connectivity index (χ2v) is 5.71. The molecule has 5 heteroatoms. The molecule has 0 atom stereocenters. The first-order valence-electron chi connectivity index (χ1n) is 6.28. The second kappa shape index (κ2) is 4.55. The van der Waals surface area contributed by atoms with Gasteiger partial charge in [-0.2, -0.15) is 0 Å². The van der Waals surface area contributed by atoms with E-state index in [0.29, 0.717) is 11.9 Å². The summed E-state index contributed by atoms with van der Waals surface area (Å²) in [7, 11) is -0.682. The highest BCUT2D eigenvalue weighted by molar-refractivity contribution is 6.62. The van der Waals surface area contributed by atoms with Crippen LogP contribution in [0.5, 0.6) is 0 Å². The number of H-pyrrole nitrogens is 1. The van der Waals surface area contributed by atoms with E-state index in [2.05, 4.69) is 10.9 Å². The third kappa shape index (κ3) is 2.34. The lowest BCUT2D eigenvalue weighted by atomic mass is 9.76. The molecule has 1 aromatic rings. The molecule has 100 valence electrons. The van der Waals surface area contributed by atoms with Crippen molar-refractivity contribution in [3.8, 4) is 12.3 Å². The maximum absolute atomic E-state index is 12.0. The fourth-order valence-electron chi connectivity index (χ4n) is 2.01. The van der Waals surface area contributed by atoms with E-state index >= 15 is 0 Å². The Morgan fingerprint density at radius 2 is 1.89 bits per heavy atom. The molecule has 1 saturated heterocycles. The van der Waals surface area contributed by atoms with Gasteiger partial charge in [0, 0.05) is 12.6 Å². The van der Waals surface area contributed by atoms with E-state index in [1.54, 1.807) is 12.3 Å². The van der Waals surface area contributed by atoms with Crippen LogP contribution in [0.3, 0.4) is 0 Å². The third-order valence-corrected chi connectivity index (χ3v) is 3.87. The van der Waals surface area contributed by atoms with E-state index in [9.17, 15) is 4.79 Å². The summed E-state index contributed by atoms with van der Waals surface area (Å²) in [5, 5.41) is 0. The van der Waals surface area contributed by atoms with Gasteiger partial charge in [-0.1, -0.05) is 0 Å². The van der Waals surface area contributed by atoms with Crippen molar-refractivity contribution >= 4 is 12.6 Å². The van der Waals surface area contributed by atoms with Gasteiger partial charge in [0.25, 0.3) is 0 Å². The van der Waals surface area contributed by atoms with Gasteiger partial charge in [-0.25, -0.2) is 0 Å². The van der Waals surface area contributed by atoms with Gasteiger partial charge in [-0.3, -0.25) is 4.79 Å². The summed E-state index contributed by atoms with van der Waals surface area (Å²) in [6, 6.07) is 1.79. The SMILES string of the molecule is C#CCc1cc[nH]c(=O)c1B1OC(C)(C)C(C)(C)O1. The van der Waals surface area contributed by atoms with Crippen molar-refractivity contribution in [1.82, 2.24) is 4.98 Å². The number of hydrogen-bond acceptors (Lipinski definition) is 3. The van der Waals surface area contributed by atoms with Crippen molar-refractivity contribution in [2.75, 3.05) is 0 Å². The molecule has 4 nitrogen and oxygen atoms in total. The molecule has 0 unspecified atom stereocenters. The first-order valence-corrected chi connectivity index (χ1v) is 6.28. The highest BCUT2D eigenvalue weighted by atomic mass is 16.7. The number of aromatic nitrogens is 1. The molecule has 1 aliphatic heterocycles. The highest BCUT2D eigenvalue weighted by Crippen LogP contribution is 2.36. The average molecular weight is 259 g/mol. The van der Waals surface area contributed by atoms with Gasteiger partial charge >= 0.3 is 7.12 Å². The van der Waals surface area contributed by atoms with Crippen molar-refractivity contribution in [2.24, 2.45) is 0 Å². The molecule has 2 rings (SSSR count). The molecule has 0 saturated carbocycles. The lowest BCUT2D eigenvalue weighted by molar-refractivity contribution is 0.00578. The van der Waals surface area contributed by atoms with Crippen LogP contribution in [-0.4, -0.2) is 23.3 Å². The van der Waals surface area contributed by atoms with Crippen LogP contribution in [0.1, 0.15) is 33.3 Å². The summed E-state index contributed by atoms with van der Waals surface area (Å²) >= 11 is 0. The zero-order chi connectivity index (χ0) is 14.3. The van der Waals surface area contributed by atoms with Crippen LogP contribution in [0.15, 0.2) is 17.1 Å². The monoisotopic (exact) mass is 259 g/mol. The molecule has 1 fully saturated rings. The Kier molecular flexibility index (Phi) is 3.33. The van der Waals surface area contributed by atoms with Gasteiger partial charge in [-0.15, -0.1) is 12.3 Å². The molecule has 19 heavy (non-hydrogen) atoms. The Morgan fingerprint density at radius 1 is 1.32 bits per heavy atom. The van der Waals surface area contributed by atoms with Crippen LogP contribution < -0.4 is 11.0 Å². The fourth-order valence-corrected chi connectivity index (χ4v) is 2.01. The van der Waals surface area contributed by atoms with Gasteiger partial charge in [0.05, 0.1) is 16.7 Å². The minimum absolute atomic E-state index is 0.216. The largest absolute Gasteiger partial charge is 0.500 e. The lowest BCUT2D eigenvalue weighted by Gasteiger charge is -2.32. The smallest absolute Gasteiger partial charge is 0.399 e. The van der Waals surface area contributed by atoms with Gasteiger partial charge < -0.3 is 14.3 Å². The summed E-state index contributed by atoms with van der Waals surface area (Å²) in [5.74, 6) is 2.55. The standard InChI is InChI=1S/C14H18BNO3/c1-6-7-10-8-9-16-12(17)11(10)15-18-13(2,3)14(4,5)19-15/h1,8-9H,7H2,2-5H3,(H,16,17). The molecular formula is C14H18BNO3. The summed E-state index contributed by atoms with van der Waals surface area (Å²) in [5.41, 5.74) is 0.0656. The number of pyridine rings is 1. The normalized spacial score (nSPS) is 20.3. The molecular weight excluding hydrogens is 241 g/mol. The van der Waals surface area contributed by atoms with Crippen molar-refractivity contribution in [2.45, 2.75) is 45.3 Å². The molecule has 0 aliphatic carbocycles. The Labute approximate surface area is 113 Å². The summed E-state index contributed by atoms with van der Waals surface area (Å²) in [4.78, 5) is 14.7. The quantitative estimate of drug-likeness (QED) is 0.632. The number of hydrogen-bond donors (Lipinski definition) is 1. The van der Waals surface area contributed by atoms with Crippen LogP contribution in [0.4, 0.5) is 0 Å². The summed E-state index contributed by atoms with van der Waals surface area (Å²) in [6.45, 7) is 7.80. The van der Waals surface area contributed by atoms with Crippen molar-refractivity contribution in [1.29, 1.82) is 0 Å². The first kappa shape index (κ1) is 13.9. The zero-order valence-electron chi connectivity index (χ0n) is 11.7. The number of terminal acetylenes is 1. The Hall–Kier alpha value is -1.51. The molecule has 0 aromatic carbocycles. The van der Waals surface area contributed by atoms with Crippen LogP contribution in [-0.2, 0) is 15.7 Å². The van der Waals surface area contributed by atoms with Crippen molar-refractivity contribution in [3.05, 3.63) is 28.2 Å². The minimum Gasteiger partial charge on any atom is -0.399 e. The van der Waals surface area contributed by atoms with Gasteiger partial charge in [0.15, 0.2) is 0 Å². The van der Waals surface area contributed by atoms with Crippen LogP contribution >= 0.6 is 0 Å². The minimum atomic E-state index is -0.682. The zero-order valence-corrected chi connectivity index (χ0v) is 11.7. The lowest BCUT2D eigenvalue weighted by Crippen LogP contribution is -2.47. The van der Waals surface area contributed by atoms with Crippen LogP contribution in [0, 0.1) is 12.3 Å². The van der Waals surface area contributed by atoms with E-state index in [1.165, 1.54) is 0 Å².